The molecule has 10 heteroatoms. The van der Waals surface area contributed by atoms with Gasteiger partial charge in [-0.25, -0.2) is 4.79 Å². The average molecular weight is 397 g/mol. The van der Waals surface area contributed by atoms with Crippen molar-refractivity contribution in [2.75, 3.05) is 5.88 Å². The van der Waals surface area contributed by atoms with Gasteiger partial charge in [-0.05, 0) is 23.9 Å². The van der Waals surface area contributed by atoms with Crippen LogP contribution in [0.4, 0.5) is 0 Å². The van der Waals surface area contributed by atoms with Crippen molar-refractivity contribution in [2.24, 2.45) is 0 Å². The van der Waals surface area contributed by atoms with Crippen LogP contribution in [-0.2, 0) is 25.5 Å². The van der Waals surface area contributed by atoms with Crippen LogP contribution in [0.3, 0.4) is 0 Å². The standard InChI is InChI=1S/C15H14BClN2O4S2/c1-7-9(6-17)12(15(22)23-16)19-13(21)11(14(19)25-7)18-10(20)5-8-3-2-4-24-8/h2-4,7,11,14H,5-6H2,1H3,(H,18,20)/t7?,11-,14-/m1/s1. The Labute approximate surface area is 159 Å². The van der Waals surface area contributed by atoms with Crippen LogP contribution in [0.15, 0.2) is 28.8 Å². The van der Waals surface area contributed by atoms with Crippen molar-refractivity contribution in [1.82, 2.24) is 10.2 Å². The van der Waals surface area contributed by atoms with Crippen molar-refractivity contribution in [2.45, 2.75) is 30.0 Å². The Balaban J connectivity index is 1.76. The van der Waals surface area contributed by atoms with Crippen LogP contribution in [-0.4, -0.2) is 53.3 Å². The number of fused-ring (bicyclic) bond motifs is 1. The number of amides is 2. The summed E-state index contributed by atoms with van der Waals surface area (Å²) in [4.78, 5) is 38.9. The Morgan fingerprint density at radius 3 is 2.84 bits per heavy atom. The van der Waals surface area contributed by atoms with Crippen molar-refractivity contribution < 1.29 is 19.0 Å². The number of alkyl halides is 1. The highest BCUT2D eigenvalue weighted by atomic mass is 35.5. The molecule has 2 aliphatic heterocycles. The number of hydrogen-bond acceptors (Lipinski definition) is 6. The minimum Gasteiger partial charge on any atom is -0.539 e. The van der Waals surface area contributed by atoms with E-state index in [-0.39, 0.29) is 40.4 Å². The summed E-state index contributed by atoms with van der Waals surface area (Å²) in [7, 11) is 4.99. The van der Waals surface area contributed by atoms with Crippen molar-refractivity contribution in [3.8, 4) is 0 Å². The van der Waals surface area contributed by atoms with Gasteiger partial charge in [-0.2, -0.15) is 0 Å². The van der Waals surface area contributed by atoms with Gasteiger partial charge in [0.1, 0.15) is 17.1 Å². The van der Waals surface area contributed by atoms with Gasteiger partial charge in [-0.15, -0.1) is 34.7 Å². The number of rotatable bonds is 5. The lowest BCUT2D eigenvalue weighted by atomic mass is 10.0. The van der Waals surface area contributed by atoms with E-state index >= 15 is 0 Å². The molecule has 0 saturated carbocycles. The molecule has 3 rings (SSSR count). The fraction of sp³-hybridized carbons (Fsp3) is 0.400. The van der Waals surface area contributed by atoms with Gasteiger partial charge >= 0.3 is 14.0 Å². The third kappa shape index (κ3) is 3.32. The van der Waals surface area contributed by atoms with Crippen LogP contribution in [0.5, 0.6) is 0 Å². The Kier molecular flexibility index (Phi) is 5.45. The molecule has 2 radical (unpaired) electrons. The molecule has 6 nitrogen and oxygen atoms in total. The maximum Gasteiger partial charge on any atom is 0.378 e. The fourth-order valence-corrected chi connectivity index (χ4v) is 5.47. The molecule has 3 heterocycles. The zero-order valence-electron chi connectivity index (χ0n) is 13.2. The van der Waals surface area contributed by atoms with E-state index in [9.17, 15) is 14.4 Å². The molecule has 2 amide bonds. The monoisotopic (exact) mass is 396 g/mol. The van der Waals surface area contributed by atoms with Crippen molar-refractivity contribution >= 4 is 60.5 Å². The van der Waals surface area contributed by atoms with Crippen LogP contribution >= 0.6 is 34.7 Å². The molecule has 3 atom stereocenters. The summed E-state index contributed by atoms with van der Waals surface area (Å²) >= 11 is 8.87. The summed E-state index contributed by atoms with van der Waals surface area (Å²) in [6, 6.07) is 3.05. The zero-order chi connectivity index (χ0) is 18.1. The molecule has 2 aliphatic rings. The molecule has 0 spiro atoms. The lowest BCUT2D eigenvalue weighted by Gasteiger charge is -2.51. The fourth-order valence-electron chi connectivity index (χ4n) is 2.87. The molecule has 1 aromatic rings. The minimum atomic E-state index is -0.801. The first-order chi connectivity index (χ1) is 12.0. The number of thioether (sulfide) groups is 1. The van der Waals surface area contributed by atoms with E-state index in [0.29, 0.717) is 5.57 Å². The number of carbonyl (C=O) groups excluding carboxylic acids is 3. The first-order valence-corrected chi connectivity index (χ1v) is 9.84. The smallest absolute Gasteiger partial charge is 0.378 e. The second-order valence-corrected chi connectivity index (χ2v) is 8.35. The summed E-state index contributed by atoms with van der Waals surface area (Å²) in [6.45, 7) is 1.89. The highest BCUT2D eigenvalue weighted by Gasteiger charge is 2.55. The summed E-state index contributed by atoms with van der Waals surface area (Å²) < 4.78 is 4.31. The molecular weight excluding hydrogens is 383 g/mol. The van der Waals surface area contributed by atoms with Crippen LogP contribution in [0.2, 0.25) is 0 Å². The quantitative estimate of drug-likeness (QED) is 0.460. The number of hydrogen-bond donors (Lipinski definition) is 1. The van der Waals surface area contributed by atoms with Crippen LogP contribution in [0, 0.1) is 0 Å². The molecule has 0 aromatic carbocycles. The number of thiophene rings is 1. The number of nitrogens with one attached hydrogen (secondary N) is 1. The molecule has 1 N–H and O–H groups in total. The number of nitrogens with zero attached hydrogens (tertiary/aromatic N) is 1. The molecule has 1 aromatic heterocycles. The first kappa shape index (κ1) is 18.3. The summed E-state index contributed by atoms with van der Waals surface area (Å²) in [5, 5.41) is 4.16. The Bertz CT molecular complexity index is 740. The molecule has 130 valence electrons. The van der Waals surface area contributed by atoms with Gasteiger partial charge in [0, 0.05) is 16.0 Å². The predicted molar refractivity (Wildman–Crippen MR) is 97.2 cm³/mol. The number of halogens is 1. The maximum absolute atomic E-state index is 12.5. The lowest BCUT2D eigenvalue weighted by Crippen LogP contribution is -2.71. The summed E-state index contributed by atoms with van der Waals surface area (Å²) in [5.41, 5.74) is 0.678. The van der Waals surface area contributed by atoms with Crippen molar-refractivity contribution in [1.29, 1.82) is 0 Å². The van der Waals surface area contributed by atoms with Gasteiger partial charge in [0.15, 0.2) is 0 Å². The summed E-state index contributed by atoms with van der Waals surface area (Å²) in [6.07, 6.45) is 0.217. The average Bonchev–Trinajstić information content (AvgIpc) is 3.10. The lowest BCUT2D eigenvalue weighted by molar-refractivity contribution is -0.149. The second-order valence-electron chi connectivity index (χ2n) is 5.59. The van der Waals surface area contributed by atoms with E-state index in [1.165, 1.54) is 28.0 Å². The van der Waals surface area contributed by atoms with Crippen LogP contribution < -0.4 is 5.32 Å². The Morgan fingerprint density at radius 1 is 1.48 bits per heavy atom. The van der Waals surface area contributed by atoms with Gasteiger partial charge in [0.05, 0.1) is 6.42 Å². The molecule has 1 saturated heterocycles. The van der Waals surface area contributed by atoms with E-state index in [0.717, 1.165) is 4.88 Å². The SMILES string of the molecule is [B]OC(=O)C1=C(CCl)C(C)S[C@@H]2[C@H](NC(=O)Cc3cccs3)C(=O)N12. The van der Waals surface area contributed by atoms with E-state index in [1.807, 2.05) is 24.4 Å². The predicted octanol–water partition coefficient (Wildman–Crippen LogP) is 1.20. The Hall–Kier alpha value is -1.45. The normalized spacial score (nSPS) is 25.3. The third-order valence-electron chi connectivity index (χ3n) is 4.10. The van der Waals surface area contributed by atoms with Gasteiger partial charge in [0.25, 0.3) is 5.91 Å². The van der Waals surface area contributed by atoms with E-state index < -0.39 is 12.0 Å². The van der Waals surface area contributed by atoms with Crippen molar-refractivity contribution in [3.63, 3.8) is 0 Å². The minimum absolute atomic E-state index is 0.0857. The van der Waals surface area contributed by atoms with Crippen LogP contribution in [0.25, 0.3) is 0 Å². The van der Waals surface area contributed by atoms with Gasteiger partial charge < -0.3 is 9.97 Å². The van der Waals surface area contributed by atoms with E-state index in [1.54, 1.807) is 0 Å². The largest absolute Gasteiger partial charge is 0.539 e. The highest BCUT2D eigenvalue weighted by Crippen LogP contribution is 2.44. The van der Waals surface area contributed by atoms with Gasteiger partial charge in [0.2, 0.25) is 5.91 Å². The molecule has 25 heavy (non-hydrogen) atoms. The number of β-lactam (4-membered cyclic amide) rings is 1. The second kappa shape index (κ2) is 7.43. The highest BCUT2D eigenvalue weighted by molar-refractivity contribution is 8.00. The number of carbonyl (C=O) groups is 3. The summed E-state index contributed by atoms with van der Waals surface area (Å²) in [5.74, 6) is -1.31. The van der Waals surface area contributed by atoms with E-state index in [2.05, 4.69) is 9.97 Å². The molecular formula is C15H14BClN2O4S2. The van der Waals surface area contributed by atoms with Crippen molar-refractivity contribution in [3.05, 3.63) is 33.7 Å². The van der Waals surface area contributed by atoms with Crippen LogP contribution in [0.1, 0.15) is 11.8 Å². The molecule has 1 fully saturated rings. The molecule has 0 aliphatic carbocycles. The topological polar surface area (TPSA) is 75.7 Å². The van der Waals surface area contributed by atoms with Gasteiger partial charge in [-0.3, -0.25) is 14.5 Å². The first-order valence-electron chi connectivity index (χ1n) is 7.48. The van der Waals surface area contributed by atoms with Gasteiger partial charge in [-0.1, -0.05) is 6.07 Å². The zero-order valence-corrected chi connectivity index (χ0v) is 15.6. The maximum atomic E-state index is 12.5. The van der Waals surface area contributed by atoms with E-state index in [4.69, 9.17) is 19.7 Å². The third-order valence-corrected chi connectivity index (χ3v) is 6.72. The molecule has 1 unspecified atom stereocenters. The Morgan fingerprint density at radius 2 is 2.24 bits per heavy atom. The molecule has 0 bridgehead atoms.